The molecule has 0 spiro atoms. The molecule has 17 heavy (non-hydrogen) atoms. The molecule has 0 aliphatic carbocycles. The van der Waals surface area contributed by atoms with E-state index in [1.54, 1.807) is 24.4 Å². The van der Waals surface area contributed by atoms with Gasteiger partial charge in [-0.3, -0.25) is 9.78 Å². The molecule has 0 fully saturated rings. The van der Waals surface area contributed by atoms with Gasteiger partial charge in [-0.15, -0.1) is 0 Å². The first-order chi connectivity index (χ1) is 8.13. The van der Waals surface area contributed by atoms with Crippen molar-refractivity contribution in [3.8, 4) is 11.1 Å². The second kappa shape index (κ2) is 5.05. The molecular formula is C12H6Cl3NO. The third kappa shape index (κ3) is 2.44. The van der Waals surface area contributed by atoms with Crippen LogP contribution in [-0.4, -0.2) is 11.3 Å². The van der Waals surface area contributed by atoms with E-state index in [2.05, 4.69) is 4.98 Å². The maximum absolute atomic E-state index is 11.0. The van der Waals surface area contributed by atoms with Gasteiger partial charge < -0.3 is 0 Å². The molecule has 0 radical (unpaired) electrons. The summed E-state index contributed by atoms with van der Waals surface area (Å²) in [5, 5.41) is 1.27. The molecule has 0 bridgehead atoms. The molecule has 1 aromatic heterocycles. The quantitative estimate of drug-likeness (QED) is 0.760. The van der Waals surface area contributed by atoms with Gasteiger partial charge in [0, 0.05) is 39.1 Å². The second-order valence-corrected chi connectivity index (χ2v) is 4.58. The van der Waals surface area contributed by atoms with Crippen LogP contribution in [0.25, 0.3) is 11.1 Å². The van der Waals surface area contributed by atoms with Crippen LogP contribution in [0, 0.1) is 0 Å². The highest BCUT2D eigenvalue weighted by atomic mass is 35.5. The number of carbonyl (C=O) groups excluding carboxylic acids is 1. The monoisotopic (exact) mass is 285 g/mol. The van der Waals surface area contributed by atoms with Gasteiger partial charge in [-0.1, -0.05) is 40.9 Å². The zero-order chi connectivity index (χ0) is 12.4. The molecule has 1 heterocycles. The van der Waals surface area contributed by atoms with Crippen LogP contribution in [0.2, 0.25) is 15.1 Å². The topological polar surface area (TPSA) is 30.0 Å². The van der Waals surface area contributed by atoms with Crippen LogP contribution < -0.4 is 0 Å². The van der Waals surface area contributed by atoms with Crippen molar-refractivity contribution in [2.24, 2.45) is 0 Å². The molecule has 0 saturated carbocycles. The zero-order valence-corrected chi connectivity index (χ0v) is 10.7. The minimum atomic E-state index is 0.295. The molecule has 1 aromatic carbocycles. The van der Waals surface area contributed by atoms with Gasteiger partial charge in [0.2, 0.25) is 0 Å². The summed E-state index contributed by atoms with van der Waals surface area (Å²) < 4.78 is 0. The van der Waals surface area contributed by atoms with Crippen LogP contribution in [0.1, 0.15) is 10.4 Å². The van der Waals surface area contributed by atoms with Gasteiger partial charge in [0.25, 0.3) is 0 Å². The summed E-state index contributed by atoms with van der Waals surface area (Å²) in [6.07, 6.45) is 3.65. The van der Waals surface area contributed by atoms with E-state index in [1.807, 2.05) is 0 Å². The summed E-state index contributed by atoms with van der Waals surface area (Å²) in [4.78, 5) is 15.0. The van der Waals surface area contributed by atoms with Gasteiger partial charge >= 0.3 is 0 Å². The molecule has 0 aliphatic rings. The lowest BCUT2D eigenvalue weighted by Gasteiger charge is -2.08. The van der Waals surface area contributed by atoms with Crippen molar-refractivity contribution in [3.63, 3.8) is 0 Å². The molecule has 2 nitrogen and oxygen atoms in total. The van der Waals surface area contributed by atoms with Crippen molar-refractivity contribution >= 4 is 41.1 Å². The summed E-state index contributed by atoms with van der Waals surface area (Å²) in [6.45, 7) is 0. The van der Waals surface area contributed by atoms with E-state index in [1.165, 1.54) is 6.20 Å². The van der Waals surface area contributed by atoms with Crippen molar-refractivity contribution in [3.05, 3.63) is 51.2 Å². The lowest BCUT2D eigenvalue weighted by molar-refractivity contribution is 0.112. The van der Waals surface area contributed by atoms with Crippen LogP contribution in [0.15, 0.2) is 30.6 Å². The first-order valence-corrected chi connectivity index (χ1v) is 5.81. The standard InChI is InChI=1S/C12H6Cl3NO/c13-7-1-2-8(11(14)3-7)9-4-16-5-12(15)10(9)6-17/h1-6H. The average Bonchev–Trinajstić information content (AvgIpc) is 2.29. The van der Waals surface area contributed by atoms with Gasteiger partial charge in [0.05, 0.1) is 5.02 Å². The second-order valence-electron chi connectivity index (χ2n) is 3.32. The van der Waals surface area contributed by atoms with Gasteiger partial charge in [-0.25, -0.2) is 0 Å². The number of hydrogen-bond donors (Lipinski definition) is 0. The number of carbonyl (C=O) groups is 1. The lowest BCUT2D eigenvalue weighted by Crippen LogP contribution is -1.91. The van der Waals surface area contributed by atoms with Crippen LogP contribution in [-0.2, 0) is 0 Å². The highest BCUT2D eigenvalue weighted by Gasteiger charge is 2.12. The van der Waals surface area contributed by atoms with E-state index in [0.29, 0.717) is 38.0 Å². The Hall–Kier alpha value is -1.09. The van der Waals surface area contributed by atoms with Crippen LogP contribution in [0.3, 0.4) is 0 Å². The Morgan fingerprint density at radius 2 is 1.76 bits per heavy atom. The van der Waals surface area contributed by atoms with E-state index in [9.17, 15) is 4.79 Å². The van der Waals surface area contributed by atoms with Crippen molar-refractivity contribution in [1.29, 1.82) is 0 Å². The van der Waals surface area contributed by atoms with E-state index >= 15 is 0 Å². The number of aromatic nitrogens is 1. The Morgan fingerprint density at radius 1 is 1.00 bits per heavy atom. The lowest BCUT2D eigenvalue weighted by atomic mass is 10.0. The van der Waals surface area contributed by atoms with Crippen LogP contribution in [0.5, 0.6) is 0 Å². The Labute approximate surface area is 113 Å². The van der Waals surface area contributed by atoms with Gasteiger partial charge in [0.15, 0.2) is 6.29 Å². The predicted molar refractivity (Wildman–Crippen MR) is 70.1 cm³/mol. The predicted octanol–water partition coefficient (Wildman–Crippen LogP) is 4.52. The third-order valence-electron chi connectivity index (χ3n) is 2.28. The first kappa shape index (κ1) is 12.4. The average molecular weight is 287 g/mol. The van der Waals surface area contributed by atoms with Crippen molar-refractivity contribution in [2.45, 2.75) is 0 Å². The molecule has 0 atom stereocenters. The fraction of sp³-hybridized carbons (Fsp3) is 0. The fourth-order valence-corrected chi connectivity index (χ4v) is 2.20. The minimum absolute atomic E-state index is 0.295. The molecule has 2 rings (SSSR count). The summed E-state index contributed by atoms with van der Waals surface area (Å²) in [5.74, 6) is 0. The van der Waals surface area contributed by atoms with E-state index in [0.717, 1.165) is 0 Å². The third-order valence-corrected chi connectivity index (χ3v) is 3.13. The maximum Gasteiger partial charge on any atom is 0.152 e. The normalized spacial score (nSPS) is 10.3. The Balaban J connectivity index is 2.68. The molecule has 0 unspecified atom stereocenters. The highest BCUT2D eigenvalue weighted by molar-refractivity contribution is 6.37. The SMILES string of the molecule is O=Cc1c(Cl)cncc1-c1ccc(Cl)cc1Cl. The van der Waals surface area contributed by atoms with E-state index in [4.69, 9.17) is 34.8 Å². The highest BCUT2D eigenvalue weighted by Crippen LogP contribution is 2.33. The molecular weight excluding hydrogens is 280 g/mol. The molecule has 0 aliphatic heterocycles. The molecule has 0 saturated heterocycles. The largest absolute Gasteiger partial charge is 0.298 e. The summed E-state index contributed by atoms with van der Waals surface area (Å²) in [7, 11) is 0. The van der Waals surface area contributed by atoms with Crippen LogP contribution >= 0.6 is 34.8 Å². The van der Waals surface area contributed by atoms with E-state index in [-0.39, 0.29) is 0 Å². The van der Waals surface area contributed by atoms with Crippen molar-refractivity contribution in [2.75, 3.05) is 0 Å². The van der Waals surface area contributed by atoms with E-state index < -0.39 is 0 Å². The van der Waals surface area contributed by atoms with Gasteiger partial charge in [-0.05, 0) is 12.1 Å². The molecule has 86 valence electrons. The van der Waals surface area contributed by atoms with Gasteiger partial charge in [-0.2, -0.15) is 0 Å². The number of hydrogen-bond acceptors (Lipinski definition) is 2. The number of aldehydes is 1. The molecule has 0 amide bonds. The molecule has 2 aromatic rings. The summed E-state index contributed by atoms with van der Waals surface area (Å²) in [5.41, 5.74) is 1.63. The molecule has 5 heteroatoms. The Kier molecular flexibility index (Phi) is 3.67. The fourth-order valence-electron chi connectivity index (χ4n) is 1.49. The maximum atomic E-state index is 11.0. The number of rotatable bonds is 2. The number of halogens is 3. The number of benzene rings is 1. The number of nitrogens with zero attached hydrogens (tertiary/aromatic N) is 1. The van der Waals surface area contributed by atoms with Crippen molar-refractivity contribution < 1.29 is 4.79 Å². The Bertz CT molecular complexity index is 584. The number of pyridine rings is 1. The van der Waals surface area contributed by atoms with Gasteiger partial charge in [0.1, 0.15) is 0 Å². The summed E-state index contributed by atoms with van der Waals surface area (Å²) in [6, 6.07) is 5.02. The van der Waals surface area contributed by atoms with Crippen LogP contribution in [0.4, 0.5) is 0 Å². The minimum Gasteiger partial charge on any atom is -0.298 e. The molecule has 0 N–H and O–H groups in total. The summed E-state index contributed by atoms with van der Waals surface area (Å²) >= 11 is 17.8. The Morgan fingerprint density at radius 3 is 2.41 bits per heavy atom. The smallest absolute Gasteiger partial charge is 0.152 e. The van der Waals surface area contributed by atoms with Crippen molar-refractivity contribution in [1.82, 2.24) is 4.98 Å². The first-order valence-electron chi connectivity index (χ1n) is 4.67. The zero-order valence-electron chi connectivity index (χ0n) is 8.45.